The van der Waals surface area contributed by atoms with Crippen molar-refractivity contribution in [2.24, 2.45) is 5.14 Å². The van der Waals surface area contributed by atoms with Crippen molar-refractivity contribution < 1.29 is 13.2 Å². The van der Waals surface area contributed by atoms with Crippen molar-refractivity contribution in [3.8, 4) is 0 Å². The molecule has 22 heavy (non-hydrogen) atoms. The third-order valence-corrected chi connectivity index (χ3v) is 5.40. The van der Waals surface area contributed by atoms with Crippen molar-refractivity contribution in [3.05, 3.63) is 40.4 Å². The number of piperidine rings is 1. The van der Waals surface area contributed by atoms with Gasteiger partial charge in [0, 0.05) is 23.7 Å². The van der Waals surface area contributed by atoms with Gasteiger partial charge in [-0.05, 0) is 37.5 Å². The van der Waals surface area contributed by atoms with Gasteiger partial charge in [-0.1, -0.05) is 29.8 Å². The molecule has 2 rings (SSSR count). The summed E-state index contributed by atoms with van der Waals surface area (Å²) in [6, 6.07) is 7.23. The number of hydrogen-bond donors (Lipinski definition) is 1. The van der Waals surface area contributed by atoms with Crippen LogP contribution in [0.2, 0.25) is 5.02 Å². The van der Waals surface area contributed by atoms with Gasteiger partial charge in [0.2, 0.25) is 15.9 Å². The van der Waals surface area contributed by atoms with Crippen LogP contribution in [0.25, 0.3) is 6.08 Å². The highest BCUT2D eigenvalue weighted by molar-refractivity contribution is 7.89. The highest BCUT2D eigenvalue weighted by Gasteiger charge is 2.30. The molecule has 0 aromatic heterocycles. The van der Waals surface area contributed by atoms with Gasteiger partial charge in [0.05, 0.1) is 5.25 Å². The predicted octanol–water partition coefficient (Wildman–Crippen LogP) is 2.02. The number of nitrogens with zero attached hydrogens (tertiary/aromatic N) is 1. The van der Waals surface area contributed by atoms with E-state index in [-0.39, 0.29) is 12.5 Å². The molecule has 1 atom stereocenters. The molecule has 1 saturated heterocycles. The number of likely N-dealkylation sites (tertiary alicyclic amines) is 1. The second-order valence-corrected chi connectivity index (χ2v) is 7.71. The predicted molar refractivity (Wildman–Crippen MR) is 87.8 cm³/mol. The number of rotatable bonds is 3. The molecule has 0 radical (unpaired) electrons. The van der Waals surface area contributed by atoms with Crippen LogP contribution in [0.3, 0.4) is 0 Å². The molecular weight excluding hydrogens is 324 g/mol. The summed E-state index contributed by atoms with van der Waals surface area (Å²) < 4.78 is 22.9. The third kappa shape index (κ3) is 4.09. The highest BCUT2D eigenvalue weighted by Crippen LogP contribution is 2.21. The molecular formula is C15H19ClN2O3S. The molecule has 7 heteroatoms. The minimum Gasteiger partial charge on any atom is -0.338 e. The van der Waals surface area contributed by atoms with E-state index in [1.54, 1.807) is 24.0 Å². The Kier molecular flexibility index (Phi) is 5.26. The summed E-state index contributed by atoms with van der Waals surface area (Å²) in [5, 5.41) is 5.08. The second-order valence-electron chi connectivity index (χ2n) is 5.45. The zero-order valence-corrected chi connectivity index (χ0v) is 13.9. The number of carbonyl (C=O) groups excluding carboxylic acids is 1. The van der Waals surface area contributed by atoms with Crippen molar-refractivity contribution in [2.75, 3.05) is 13.1 Å². The monoisotopic (exact) mass is 342 g/mol. The molecule has 1 fully saturated rings. The van der Waals surface area contributed by atoms with Crippen LogP contribution < -0.4 is 5.14 Å². The molecule has 0 bridgehead atoms. The molecule has 1 aromatic carbocycles. The molecule has 1 aliphatic rings. The molecule has 1 heterocycles. The van der Waals surface area contributed by atoms with E-state index in [0.717, 1.165) is 5.56 Å². The maximum absolute atomic E-state index is 12.5. The number of amides is 1. The minimum atomic E-state index is -3.62. The summed E-state index contributed by atoms with van der Waals surface area (Å²) in [5.74, 6) is -0.187. The number of benzene rings is 1. The van der Waals surface area contributed by atoms with E-state index in [9.17, 15) is 13.2 Å². The molecule has 1 amide bonds. The van der Waals surface area contributed by atoms with E-state index in [4.69, 9.17) is 16.7 Å². The van der Waals surface area contributed by atoms with E-state index < -0.39 is 15.3 Å². The van der Waals surface area contributed by atoms with Crippen LogP contribution in [-0.4, -0.2) is 37.6 Å². The number of primary sulfonamides is 1. The lowest BCUT2D eigenvalue weighted by Crippen LogP contribution is -2.47. The Hall–Kier alpha value is -1.37. The van der Waals surface area contributed by atoms with Crippen LogP contribution in [0.15, 0.2) is 29.8 Å². The van der Waals surface area contributed by atoms with Gasteiger partial charge in [0.1, 0.15) is 0 Å². The Morgan fingerprint density at radius 1 is 1.41 bits per heavy atom. The number of hydrogen-bond acceptors (Lipinski definition) is 3. The largest absolute Gasteiger partial charge is 0.338 e. The molecule has 2 N–H and O–H groups in total. The van der Waals surface area contributed by atoms with Crippen LogP contribution in [0.4, 0.5) is 0 Å². The van der Waals surface area contributed by atoms with Gasteiger partial charge in [0.15, 0.2) is 0 Å². The van der Waals surface area contributed by atoms with E-state index in [2.05, 4.69) is 0 Å². The Morgan fingerprint density at radius 3 is 2.73 bits per heavy atom. The average molecular weight is 343 g/mol. The van der Waals surface area contributed by atoms with Crippen LogP contribution in [0, 0.1) is 0 Å². The Bertz CT molecular complexity index is 700. The number of nitrogens with two attached hydrogens (primary N) is 1. The molecule has 5 nitrogen and oxygen atoms in total. The van der Waals surface area contributed by atoms with E-state index in [1.165, 1.54) is 0 Å². The van der Waals surface area contributed by atoms with Crippen molar-refractivity contribution in [2.45, 2.75) is 25.0 Å². The summed E-state index contributed by atoms with van der Waals surface area (Å²) in [6.45, 7) is 2.39. The summed E-state index contributed by atoms with van der Waals surface area (Å²) >= 11 is 6.08. The van der Waals surface area contributed by atoms with Crippen molar-refractivity contribution in [3.63, 3.8) is 0 Å². The quantitative estimate of drug-likeness (QED) is 0.853. The molecule has 1 unspecified atom stereocenters. The van der Waals surface area contributed by atoms with Crippen molar-refractivity contribution >= 4 is 33.6 Å². The SMILES string of the molecule is C/C(=C/c1ccccc1Cl)C(=O)N1CCCC(S(N)(=O)=O)C1. The summed E-state index contributed by atoms with van der Waals surface area (Å²) in [6.07, 6.45) is 2.84. The zero-order valence-electron chi connectivity index (χ0n) is 12.3. The van der Waals surface area contributed by atoms with Crippen molar-refractivity contribution in [1.29, 1.82) is 0 Å². The van der Waals surface area contributed by atoms with E-state index in [1.807, 2.05) is 18.2 Å². The summed E-state index contributed by atoms with van der Waals surface area (Å²) in [7, 11) is -3.62. The molecule has 0 spiro atoms. The maximum atomic E-state index is 12.5. The maximum Gasteiger partial charge on any atom is 0.249 e. The number of sulfonamides is 1. The van der Waals surface area contributed by atoms with Gasteiger partial charge < -0.3 is 4.90 Å². The van der Waals surface area contributed by atoms with Gasteiger partial charge in [-0.2, -0.15) is 0 Å². The standard InChI is InChI=1S/C15H19ClN2O3S/c1-11(9-12-5-2-3-7-14(12)16)15(19)18-8-4-6-13(10-18)22(17,20)21/h2-3,5,7,9,13H,4,6,8,10H2,1H3,(H2,17,20,21)/b11-9-. The molecule has 1 aromatic rings. The molecule has 120 valence electrons. The van der Waals surface area contributed by atoms with Gasteiger partial charge in [-0.15, -0.1) is 0 Å². The molecule has 0 saturated carbocycles. The van der Waals surface area contributed by atoms with Crippen molar-refractivity contribution in [1.82, 2.24) is 4.90 Å². The van der Waals surface area contributed by atoms with E-state index >= 15 is 0 Å². The lowest BCUT2D eigenvalue weighted by atomic mass is 10.1. The second kappa shape index (κ2) is 6.81. The average Bonchev–Trinajstić information content (AvgIpc) is 2.48. The first-order valence-electron chi connectivity index (χ1n) is 7.03. The lowest BCUT2D eigenvalue weighted by molar-refractivity contribution is -0.127. The first-order valence-corrected chi connectivity index (χ1v) is 9.01. The smallest absolute Gasteiger partial charge is 0.249 e. The van der Waals surface area contributed by atoms with Crippen LogP contribution in [-0.2, 0) is 14.8 Å². The van der Waals surface area contributed by atoms with Gasteiger partial charge in [-0.25, -0.2) is 13.6 Å². The first-order chi connectivity index (χ1) is 10.3. The van der Waals surface area contributed by atoms with Gasteiger partial charge in [-0.3, -0.25) is 4.79 Å². The fraction of sp³-hybridized carbons (Fsp3) is 0.400. The Balaban J connectivity index is 2.15. The normalized spacial score (nSPS) is 20.0. The summed E-state index contributed by atoms with van der Waals surface area (Å²) in [4.78, 5) is 14.0. The van der Waals surface area contributed by atoms with E-state index in [0.29, 0.717) is 30.0 Å². The zero-order chi connectivity index (χ0) is 16.3. The fourth-order valence-corrected chi connectivity index (χ4v) is 3.60. The van der Waals surface area contributed by atoms with Crippen LogP contribution in [0.5, 0.6) is 0 Å². The summed E-state index contributed by atoms with van der Waals surface area (Å²) in [5.41, 5.74) is 1.28. The highest BCUT2D eigenvalue weighted by atomic mass is 35.5. The molecule has 1 aliphatic heterocycles. The van der Waals surface area contributed by atoms with Crippen LogP contribution >= 0.6 is 11.6 Å². The minimum absolute atomic E-state index is 0.144. The number of halogens is 1. The van der Waals surface area contributed by atoms with Gasteiger partial charge in [0.25, 0.3) is 0 Å². The fourth-order valence-electron chi connectivity index (χ4n) is 2.53. The lowest BCUT2D eigenvalue weighted by Gasteiger charge is -2.31. The molecule has 0 aliphatic carbocycles. The first kappa shape index (κ1) is 17.0. The topological polar surface area (TPSA) is 80.5 Å². The third-order valence-electron chi connectivity index (χ3n) is 3.74. The van der Waals surface area contributed by atoms with Gasteiger partial charge >= 0.3 is 0 Å². The Morgan fingerprint density at radius 2 is 2.09 bits per heavy atom. The Labute approximate surface area is 135 Å². The number of carbonyl (C=O) groups is 1. The van der Waals surface area contributed by atoms with Crippen LogP contribution in [0.1, 0.15) is 25.3 Å².